The first-order chi connectivity index (χ1) is 8.08. The van der Waals surface area contributed by atoms with Gasteiger partial charge in [-0.25, -0.2) is 4.39 Å². The SMILES string of the molecule is C/C=C\C(F)=C(/C)OC1=CC=C(NN)C(C)C1. The molecule has 0 spiro atoms. The lowest BCUT2D eigenvalue weighted by atomic mass is 9.98. The van der Waals surface area contributed by atoms with Crippen molar-refractivity contribution in [1.29, 1.82) is 0 Å². The number of hydrazine groups is 1. The Morgan fingerprint density at radius 1 is 1.59 bits per heavy atom. The van der Waals surface area contributed by atoms with Crippen molar-refractivity contribution >= 4 is 0 Å². The van der Waals surface area contributed by atoms with E-state index in [0.29, 0.717) is 6.42 Å². The van der Waals surface area contributed by atoms with E-state index in [-0.39, 0.29) is 17.5 Å². The van der Waals surface area contributed by atoms with Gasteiger partial charge in [0.15, 0.2) is 5.83 Å². The highest BCUT2D eigenvalue weighted by Crippen LogP contribution is 2.26. The van der Waals surface area contributed by atoms with E-state index in [2.05, 4.69) is 5.43 Å². The number of halogens is 1. The molecule has 3 N–H and O–H groups in total. The maximum atomic E-state index is 13.4. The summed E-state index contributed by atoms with van der Waals surface area (Å²) >= 11 is 0. The number of nitrogens with two attached hydrogens (primary N) is 1. The minimum absolute atomic E-state index is 0.248. The molecule has 0 aromatic rings. The molecule has 1 unspecified atom stereocenters. The summed E-state index contributed by atoms with van der Waals surface area (Å²) in [6.07, 6.45) is 7.38. The zero-order valence-electron chi connectivity index (χ0n) is 10.5. The summed E-state index contributed by atoms with van der Waals surface area (Å²) in [5, 5.41) is 0. The van der Waals surface area contributed by atoms with Crippen molar-refractivity contribution in [2.45, 2.75) is 27.2 Å². The van der Waals surface area contributed by atoms with Crippen molar-refractivity contribution < 1.29 is 9.13 Å². The fourth-order valence-electron chi connectivity index (χ4n) is 1.60. The number of nitrogens with one attached hydrogen (secondary N) is 1. The van der Waals surface area contributed by atoms with E-state index in [1.165, 1.54) is 6.08 Å². The lowest BCUT2D eigenvalue weighted by Gasteiger charge is -2.21. The van der Waals surface area contributed by atoms with Crippen LogP contribution in [0.25, 0.3) is 0 Å². The Bertz CT molecular complexity index is 394. The zero-order chi connectivity index (χ0) is 12.8. The standard InChI is InChI=1S/C13H19FN2O/c1-4-5-12(14)10(3)17-11-6-7-13(16-15)9(2)8-11/h4-7,9,16H,8,15H2,1-3H3/b5-4-,12-10-. The Balaban J connectivity index is 2.75. The first-order valence-corrected chi connectivity index (χ1v) is 5.62. The summed E-state index contributed by atoms with van der Waals surface area (Å²) in [6.45, 7) is 5.40. The molecule has 4 heteroatoms. The Morgan fingerprint density at radius 3 is 2.82 bits per heavy atom. The van der Waals surface area contributed by atoms with Gasteiger partial charge < -0.3 is 10.2 Å². The number of hydrogen-bond acceptors (Lipinski definition) is 3. The van der Waals surface area contributed by atoms with E-state index in [1.54, 1.807) is 19.9 Å². The van der Waals surface area contributed by atoms with E-state index in [4.69, 9.17) is 10.6 Å². The van der Waals surface area contributed by atoms with E-state index in [9.17, 15) is 4.39 Å². The largest absolute Gasteiger partial charge is 0.463 e. The predicted molar refractivity (Wildman–Crippen MR) is 67.0 cm³/mol. The molecule has 0 fully saturated rings. The molecular weight excluding hydrogens is 219 g/mol. The second kappa shape index (κ2) is 6.25. The fourth-order valence-corrected chi connectivity index (χ4v) is 1.60. The van der Waals surface area contributed by atoms with Gasteiger partial charge in [-0.05, 0) is 32.1 Å². The third-order valence-electron chi connectivity index (χ3n) is 2.59. The second-order valence-corrected chi connectivity index (χ2v) is 4.01. The molecule has 0 saturated heterocycles. The molecule has 0 aromatic carbocycles. The highest BCUT2D eigenvalue weighted by atomic mass is 19.1. The van der Waals surface area contributed by atoms with E-state index in [1.807, 2.05) is 19.1 Å². The summed E-state index contributed by atoms with van der Waals surface area (Å²) in [5.41, 5.74) is 3.59. The number of hydrogen-bond donors (Lipinski definition) is 2. The van der Waals surface area contributed by atoms with Crippen LogP contribution < -0.4 is 11.3 Å². The molecule has 0 amide bonds. The van der Waals surface area contributed by atoms with Crippen LogP contribution in [0, 0.1) is 5.92 Å². The molecule has 1 aliphatic rings. The molecule has 1 rings (SSSR count). The van der Waals surface area contributed by atoms with E-state index >= 15 is 0 Å². The topological polar surface area (TPSA) is 47.3 Å². The monoisotopic (exact) mass is 238 g/mol. The van der Waals surface area contributed by atoms with Crippen molar-refractivity contribution in [3.8, 4) is 0 Å². The van der Waals surface area contributed by atoms with Gasteiger partial charge in [0, 0.05) is 18.0 Å². The van der Waals surface area contributed by atoms with E-state index in [0.717, 1.165) is 11.5 Å². The Kier molecular flexibility index (Phi) is 4.97. The number of allylic oxidation sites excluding steroid dienone is 8. The smallest absolute Gasteiger partial charge is 0.160 e. The van der Waals surface area contributed by atoms with Gasteiger partial charge in [0.2, 0.25) is 0 Å². The minimum atomic E-state index is -0.354. The van der Waals surface area contributed by atoms with Crippen molar-refractivity contribution in [2.24, 2.45) is 11.8 Å². The third-order valence-corrected chi connectivity index (χ3v) is 2.59. The molecule has 0 saturated carbocycles. The summed E-state index contributed by atoms with van der Waals surface area (Å²) in [4.78, 5) is 0. The average Bonchev–Trinajstić information content (AvgIpc) is 2.29. The zero-order valence-corrected chi connectivity index (χ0v) is 10.5. The van der Waals surface area contributed by atoms with Crippen LogP contribution in [0.15, 0.2) is 47.3 Å². The molecule has 3 nitrogen and oxygen atoms in total. The average molecular weight is 238 g/mol. The lowest BCUT2D eigenvalue weighted by Crippen LogP contribution is -2.27. The number of ether oxygens (including phenoxy) is 1. The summed E-state index contributed by atoms with van der Waals surface area (Å²) in [5.74, 6) is 6.28. The Morgan fingerprint density at radius 2 is 2.29 bits per heavy atom. The van der Waals surface area contributed by atoms with Gasteiger partial charge in [-0.1, -0.05) is 13.0 Å². The molecule has 17 heavy (non-hydrogen) atoms. The van der Waals surface area contributed by atoms with Crippen LogP contribution in [0.1, 0.15) is 27.2 Å². The fraction of sp³-hybridized carbons (Fsp3) is 0.385. The first kappa shape index (κ1) is 13.5. The van der Waals surface area contributed by atoms with Crippen molar-refractivity contribution in [3.63, 3.8) is 0 Å². The second-order valence-electron chi connectivity index (χ2n) is 4.01. The maximum absolute atomic E-state index is 13.4. The lowest BCUT2D eigenvalue weighted by molar-refractivity contribution is 0.266. The van der Waals surface area contributed by atoms with Crippen molar-refractivity contribution in [3.05, 3.63) is 47.3 Å². The molecule has 0 radical (unpaired) electrons. The third kappa shape index (κ3) is 3.75. The van der Waals surface area contributed by atoms with Crippen molar-refractivity contribution in [2.75, 3.05) is 0 Å². The van der Waals surface area contributed by atoms with Crippen LogP contribution in [0.2, 0.25) is 0 Å². The molecule has 0 bridgehead atoms. The van der Waals surface area contributed by atoms with E-state index < -0.39 is 0 Å². The Hall–Kier alpha value is -1.55. The first-order valence-electron chi connectivity index (χ1n) is 5.62. The van der Waals surface area contributed by atoms with Crippen LogP contribution in [0.3, 0.4) is 0 Å². The molecule has 0 heterocycles. The maximum Gasteiger partial charge on any atom is 0.160 e. The molecule has 0 aromatic heterocycles. The molecular formula is C13H19FN2O. The van der Waals surface area contributed by atoms with Crippen LogP contribution >= 0.6 is 0 Å². The molecule has 0 aliphatic heterocycles. The van der Waals surface area contributed by atoms with Gasteiger partial charge >= 0.3 is 0 Å². The molecule has 1 atom stereocenters. The summed E-state index contributed by atoms with van der Waals surface area (Å²) in [6, 6.07) is 0. The summed E-state index contributed by atoms with van der Waals surface area (Å²) in [7, 11) is 0. The molecule has 1 aliphatic carbocycles. The van der Waals surface area contributed by atoms with Crippen LogP contribution in [-0.4, -0.2) is 0 Å². The predicted octanol–water partition coefficient (Wildman–Crippen LogP) is 3.05. The molecule has 94 valence electrons. The normalized spacial score (nSPS) is 21.8. The van der Waals surface area contributed by atoms with Crippen molar-refractivity contribution in [1.82, 2.24) is 5.43 Å². The van der Waals surface area contributed by atoms with Gasteiger partial charge in [-0.3, -0.25) is 5.84 Å². The Labute approximate surface area is 101 Å². The van der Waals surface area contributed by atoms with Gasteiger partial charge in [0.1, 0.15) is 11.5 Å². The van der Waals surface area contributed by atoms with Gasteiger partial charge in [-0.2, -0.15) is 0 Å². The highest BCUT2D eigenvalue weighted by molar-refractivity contribution is 5.24. The quantitative estimate of drug-likeness (QED) is 0.342. The minimum Gasteiger partial charge on any atom is -0.463 e. The highest BCUT2D eigenvalue weighted by Gasteiger charge is 2.16. The van der Waals surface area contributed by atoms with Crippen LogP contribution in [0.4, 0.5) is 4.39 Å². The number of rotatable bonds is 4. The van der Waals surface area contributed by atoms with Gasteiger partial charge in [0.05, 0.1) is 0 Å². The van der Waals surface area contributed by atoms with Crippen LogP contribution in [-0.2, 0) is 4.74 Å². The summed E-state index contributed by atoms with van der Waals surface area (Å²) < 4.78 is 18.9. The van der Waals surface area contributed by atoms with Gasteiger partial charge in [-0.15, -0.1) is 0 Å². The van der Waals surface area contributed by atoms with Crippen LogP contribution in [0.5, 0.6) is 0 Å². The van der Waals surface area contributed by atoms with Gasteiger partial charge in [0.25, 0.3) is 0 Å².